The van der Waals surface area contributed by atoms with E-state index < -0.39 is 34.8 Å². The Labute approximate surface area is 152 Å². The second-order valence-corrected chi connectivity index (χ2v) is 6.80. The lowest BCUT2D eigenvalue weighted by molar-refractivity contribution is -0.164. The molecule has 1 fully saturated rings. The summed E-state index contributed by atoms with van der Waals surface area (Å²) in [6.45, 7) is 6.94. The Bertz CT molecular complexity index is 796. The van der Waals surface area contributed by atoms with Crippen LogP contribution in [-0.4, -0.2) is 36.7 Å². The van der Waals surface area contributed by atoms with Gasteiger partial charge in [-0.1, -0.05) is 30.3 Å². The molecule has 1 aromatic rings. The molecule has 0 amide bonds. The fraction of sp³-hybridized carbons (Fsp3) is 0.450. The van der Waals surface area contributed by atoms with Gasteiger partial charge in [0.1, 0.15) is 12.2 Å². The van der Waals surface area contributed by atoms with Crippen LogP contribution in [0.15, 0.2) is 41.5 Å². The van der Waals surface area contributed by atoms with Gasteiger partial charge in [0.2, 0.25) is 0 Å². The minimum absolute atomic E-state index is 0.0757. The second-order valence-electron chi connectivity index (χ2n) is 6.80. The third-order valence-electron chi connectivity index (χ3n) is 5.71. The number of cyclic esters (lactones) is 2. The topological polar surface area (TPSA) is 78.9 Å². The minimum Gasteiger partial charge on any atom is -0.465 e. The number of ether oxygens (including phenoxy) is 3. The maximum Gasteiger partial charge on any atom is 0.334 e. The van der Waals surface area contributed by atoms with Crippen molar-refractivity contribution >= 4 is 17.9 Å². The average molecular weight is 358 g/mol. The van der Waals surface area contributed by atoms with Crippen LogP contribution in [0.1, 0.15) is 33.3 Å². The van der Waals surface area contributed by atoms with Gasteiger partial charge in [-0.3, -0.25) is 9.59 Å². The summed E-state index contributed by atoms with van der Waals surface area (Å²) in [7, 11) is 0. The highest BCUT2D eigenvalue weighted by atomic mass is 16.6. The smallest absolute Gasteiger partial charge is 0.334 e. The van der Waals surface area contributed by atoms with E-state index in [1.807, 2.05) is 30.3 Å². The zero-order valence-corrected chi connectivity index (χ0v) is 15.3. The fourth-order valence-electron chi connectivity index (χ4n) is 4.02. The van der Waals surface area contributed by atoms with E-state index in [-0.39, 0.29) is 13.2 Å². The molecule has 0 aromatic heterocycles. The predicted molar refractivity (Wildman–Crippen MR) is 92.1 cm³/mol. The summed E-state index contributed by atoms with van der Waals surface area (Å²) < 4.78 is 16.3. The van der Waals surface area contributed by atoms with Crippen LogP contribution < -0.4 is 0 Å². The molecule has 6 heteroatoms. The van der Waals surface area contributed by atoms with E-state index in [9.17, 15) is 14.4 Å². The standard InChI is InChI=1S/C20H22O6/c1-5-24-17(22)15-18(23)25-11-20(15,14-9-7-6-8-10-14)19(4)13(3)12(2)16(21)26-19/h6-10,15H,5,11H2,1-4H3/t15-,19?,20+/m1/s1. The Hall–Kier alpha value is -2.63. The summed E-state index contributed by atoms with van der Waals surface area (Å²) >= 11 is 0. The van der Waals surface area contributed by atoms with Gasteiger partial charge in [0, 0.05) is 5.57 Å². The third-order valence-corrected chi connectivity index (χ3v) is 5.71. The first-order valence-corrected chi connectivity index (χ1v) is 8.59. The zero-order valence-electron chi connectivity index (χ0n) is 15.3. The monoisotopic (exact) mass is 358 g/mol. The second kappa shape index (κ2) is 6.27. The van der Waals surface area contributed by atoms with E-state index in [4.69, 9.17) is 14.2 Å². The van der Waals surface area contributed by atoms with Gasteiger partial charge in [0.15, 0.2) is 5.92 Å². The molecule has 3 rings (SSSR count). The Balaban J connectivity index is 2.28. The van der Waals surface area contributed by atoms with Gasteiger partial charge in [-0.05, 0) is 38.8 Å². The molecule has 0 bridgehead atoms. The van der Waals surface area contributed by atoms with E-state index in [0.29, 0.717) is 16.7 Å². The largest absolute Gasteiger partial charge is 0.465 e. The zero-order chi connectivity index (χ0) is 19.1. The molecule has 0 radical (unpaired) electrons. The van der Waals surface area contributed by atoms with Gasteiger partial charge in [-0.15, -0.1) is 0 Å². The van der Waals surface area contributed by atoms with Crippen LogP contribution in [-0.2, 0) is 34.0 Å². The molecule has 2 heterocycles. The summed E-state index contributed by atoms with van der Waals surface area (Å²) in [5, 5.41) is 0. The Morgan fingerprint density at radius 3 is 2.42 bits per heavy atom. The normalized spacial score (nSPS) is 31.0. The first-order valence-electron chi connectivity index (χ1n) is 8.59. The molecule has 1 unspecified atom stereocenters. The number of benzene rings is 1. The molecule has 1 aromatic carbocycles. The molecule has 2 aliphatic heterocycles. The summed E-state index contributed by atoms with van der Waals surface area (Å²) in [6.07, 6.45) is 0. The van der Waals surface area contributed by atoms with Gasteiger partial charge in [-0.2, -0.15) is 0 Å². The van der Waals surface area contributed by atoms with E-state index in [1.54, 1.807) is 27.7 Å². The summed E-state index contributed by atoms with van der Waals surface area (Å²) in [4.78, 5) is 37.6. The molecule has 3 atom stereocenters. The number of hydrogen-bond acceptors (Lipinski definition) is 6. The maximum atomic E-state index is 12.7. The highest BCUT2D eigenvalue weighted by Crippen LogP contribution is 2.54. The Morgan fingerprint density at radius 1 is 1.23 bits per heavy atom. The van der Waals surface area contributed by atoms with Gasteiger partial charge >= 0.3 is 17.9 Å². The maximum absolute atomic E-state index is 12.7. The Morgan fingerprint density at radius 2 is 1.88 bits per heavy atom. The molecule has 0 saturated carbocycles. The molecule has 0 spiro atoms. The van der Waals surface area contributed by atoms with E-state index >= 15 is 0 Å². The lowest BCUT2D eigenvalue weighted by Crippen LogP contribution is -2.58. The van der Waals surface area contributed by atoms with Crippen LogP contribution in [0.3, 0.4) is 0 Å². The van der Waals surface area contributed by atoms with Crippen molar-refractivity contribution in [2.45, 2.75) is 38.7 Å². The molecule has 1 saturated heterocycles. The van der Waals surface area contributed by atoms with Crippen molar-refractivity contribution in [1.29, 1.82) is 0 Å². The van der Waals surface area contributed by atoms with Crippen molar-refractivity contribution in [3.63, 3.8) is 0 Å². The summed E-state index contributed by atoms with van der Waals surface area (Å²) in [5.74, 6) is -3.01. The van der Waals surface area contributed by atoms with Crippen molar-refractivity contribution in [1.82, 2.24) is 0 Å². The number of carbonyl (C=O) groups excluding carboxylic acids is 3. The highest BCUT2D eigenvalue weighted by Gasteiger charge is 2.69. The first-order chi connectivity index (χ1) is 12.3. The first kappa shape index (κ1) is 18.2. The molecular formula is C20H22O6. The highest BCUT2D eigenvalue weighted by molar-refractivity contribution is 6.00. The van der Waals surface area contributed by atoms with Crippen molar-refractivity contribution in [3.05, 3.63) is 47.0 Å². The number of hydrogen-bond donors (Lipinski definition) is 0. The SMILES string of the molecule is CCOC(=O)[C@@H]1C(=O)OC[C@@]1(c1ccccc1)C1(C)OC(=O)C(C)=C1C. The van der Waals surface area contributed by atoms with Crippen molar-refractivity contribution in [3.8, 4) is 0 Å². The van der Waals surface area contributed by atoms with E-state index in [2.05, 4.69) is 0 Å². The van der Waals surface area contributed by atoms with Gasteiger partial charge in [0.05, 0.1) is 12.0 Å². The van der Waals surface area contributed by atoms with Gasteiger partial charge in [-0.25, -0.2) is 4.79 Å². The molecular weight excluding hydrogens is 336 g/mol. The molecule has 0 aliphatic carbocycles. The van der Waals surface area contributed by atoms with Crippen molar-refractivity contribution in [2.24, 2.45) is 5.92 Å². The van der Waals surface area contributed by atoms with Crippen LogP contribution in [0.5, 0.6) is 0 Å². The van der Waals surface area contributed by atoms with Crippen LogP contribution in [0, 0.1) is 5.92 Å². The average Bonchev–Trinajstić information content (AvgIpc) is 3.08. The van der Waals surface area contributed by atoms with Crippen LogP contribution in [0.4, 0.5) is 0 Å². The lowest BCUT2D eigenvalue weighted by Gasteiger charge is -2.44. The van der Waals surface area contributed by atoms with E-state index in [1.165, 1.54) is 0 Å². The summed E-state index contributed by atoms with van der Waals surface area (Å²) in [6, 6.07) is 9.09. The third kappa shape index (κ3) is 2.28. The number of rotatable bonds is 4. The number of carbonyl (C=O) groups is 3. The van der Waals surface area contributed by atoms with Crippen molar-refractivity contribution in [2.75, 3.05) is 13.2 Å². The van der Waals surface area contributed by atoms with Gasteiger partial charge in [0.25, 0.3) is 0 Å². The fourth-order valence-corrected chi connectivity index (χ4v) is 4.02. The lowest BCUT2D eigenvalue weighted by atomic mass is 9.59. The molecule has 0 N–H and O–H groups in total. The quantitative estimate of drug-likeness (QED) is 0.467. The van der Waals surface area contributed by atoms with Crippen LogP contribution in [0.25, 0.3) is 0 Å². The van der Waals surface area contributed by atoms with Crippen LogP contribution >= 0.6 is 0 Å². The summed E-state index contributed by atoms with van der Waals surface area (Å²) in [5.41, 5.74) is -0.564. The minimum atomic E-state index is -1.22. The van der Waals surface area contributed by atoms with E-state index in [0.717, 1.165) is 0 Å². The molecule has 2 aliphatic rings. The predicted octanol–water partition coefficient (Wildman–Crippen LogP) is 2.31. The molecule has 26 heavy (non-hydrogen) atoms. The van der Waals surface area contributed by atoms with Crippen LogP contribution in [0.2, 0.25) is 0 Å². The Kier molecular flexibility index (Phi) is 4.38. The van der Waals surface area contributed by atoms with Gasteiger partial charge < -0.3 is 14.2 Å². The van der Waals surface area contributed by atoms with Crippen molar-refractivity contribution < 1.29 is 28.6 Å². The molecule has 138 valence electrons. The molecule has 6 nitrogen and oxygen atoms in total. The number of esters is 3.